The van der Waals surface area contributed by atoms with Crippen molar-refractivity contribution in [3.8, 4) is 0 Å². The Kier molecular flexibility index (Phi) is 5.20. The summed E-state index contributed by atoms with van der Waals surface area (Å²) in [6, 6.07) is 5.19. The predicted octanol–water partition coefficient (Wildman–Crippen LogP) is 2.18. The third kappa shape index (κ3) is 4.48. The third-order valence-corrected chi connectivity index (χ3v) is 3.82. The van der Waals surface area contributed by atoms with Crippen LogP contribution in [-0.4, -0.2) is 24.5 Å². The summed E-state index contributed by atoms with van der Waals surface area (Å²) in [5.41, 5.74) is 7.56. The zero-order chi connectivity index (χ0) is 15.2. The van der Waals surface area contributed by atoms with Gasteiger partial charge in [0.25, 0.3) is 5.91 Å². The highest BCUT2D eigenvalue weighted by molar-refractivity contribution is 5.92. The van der Waals surface area contributed by atoms with Crippen LogP contribution >= 0.6 is 0 Å². The molecule has 5 nitrogen and oxygen atoms in total. The Labute approximate surface area is 124 Å². The molecule has 0 atom stereocenters. The molecule has 1 saturated carbocycles. The lowest BCUT2D eigenvalue weighted by atomic mass is 9.95. The maximum atomic E-state index is 11.8. The van der Waals surface area contributed by atoms with Gasteiger partial charge in [-0.15, -0.1) is 0 Å². The Hall–Kier alpha value is -2.04. The zero-order valence-electron chi connectivity index (χ0n) is 12.4. The number of aryl methyl sites for hydroxylation is 1. The molecule has 0 bridgehead atoms. The van der Waals surface area contributed by atoms with E-state index >= 15 is 0 Å². The molecule has 3 N–H and O–H groups in total. The summed E-state index contributed by atoms with van der Waals surface area (Å²) in [6.45, 7) is 1.62. The van der Waals surface area contributed by atoms with Crippen molar-refractivity contribution >= 4 is 17.6 Å². The average molecular weight is 290 g/mol. The van der Waals surface area contributed by atoms with Gasteiger partial charge in [-0.3, -0.25) is 4.79 Å². The SMILES string of the molecule is Cc1ccc(C(=O)OCC(=O)NC2CCCCC2)cc1N. The fourth-order valence-electron chi connectivity index (χ4n) is 2.50. The summed E-state index contributed by atoms with van der Waals surface area (Å²) >= 11 is 0. The number of nitrogens with two attached hydrogens (primary N) is 1. The number of nitrogen functional groups attached to an aromatic ring is 1. The van der Waals surface area contributed by atoms with E-state index < -0.39 is 5.97 Å². The molecule has 114 valence electrons. The molecule has 0 saturated heterocycles. The molecule has 0 unspecified atom stereocenters. The van der Waals surface area contributed by atoms with E-state index in [-0.39, 0.29) is 18.6 Å². The molecule has 2 rings (SSSR count). The van der Waals surface area contributed by atoms with Crippen LogP contribution in [0.4, 0.5) is 5.69 Å². The molecule has 1 fully saturated rings. The second-order valence-electron chi connectivity index (χ2n) is 5.55. The molecule has 0 radical (unpaired) electrons. The van der Waals surface area contributed by atoms with Gasteiger partial charge in [0.2, 0.25) is 0 Å². The molecule has 5 heteroatoms. The summed E-state index contributed by atoms with van der Waals surface area (Å²) in [6.07, 6.45) is 5.54. The molecule has 1 amide bonds. The molecular formula is C16H22N2O3. The number of carbonyl (C=O) groups is 2. The van der Waals surface area contributed by atoms with Gasteiger partial charge in [0.15, 0.2) is 6.61 Å². The number of nitrogens with one attached hydrogen (secondary N) is 1. The van der Waals surface area contributed by atoms with Gasteiger partial charge >= 0.3 is 5.97 Å². The maximum Gasteiger partial charge on any atom is 0.338 e. The van der Waals surface area contributed by atoms with E-state index in [0.29, 0.717) is 11.3 Å². The van der Waals surface area contributed by atoms with Crippen LogP contribution in [0, 0.1) is 6.92 Å². The minimum Gasteiger partial charge on any atom is -0.452 e. The van der Waals surface area contributed by atoms with E-state index in [2.05, 4.69) is 5.32 Å². The number of benzene rings is 1. The Morgan fingerprint density at radius 3 is 2.67 bits per heavy atom. The predicted molar refractivity (Wildman–Crippen MR) is 80.9 cm³/mol. The minimum atomic E-state index is -0.527. The monoisotopic (exact) mass is 290 g/mol. The standard InChI is InChI=1S/C16H22N2O3/c1-11-7-8-12(9-14(11)17)16(20)21-10-15(19)18-13-5-3-2-4-6-13/h7-9,13H,2-6,10,17H2,1H3,(H,18,19). The summed E-state index contributed by atoms with van der Waals surface area (Å²) in [4.78, 5) is 23.6. The van der Waals surface area contributed by atoms with Crippen LogP contribution in [0.1, 0.15) is 48.0 Å². The highest BCUT2D eigenvalue weighted by Crippen LogP contribution is 2.17. The maximum absolute atomic E-state index is 11.8. The van der Waals surface area contributed by atoms with Crippen LogP contribution in [0.3, 0.4) is 0 Å². The first-order valence-electron chi connectivity index (χ1n) is 7.39. The number of ether oxygens (including phenoxy) is 1. The Bertz CT molecular complexity index is 522. The normalized spacial score (nSPS) is 15.5. The van der Waals surface area contributed by atoms with Crippen molar-refractivity contribution in [2.24, 2.45) is 0 Å². The van der Waals surface area contributed by atoms with Crippen LogP contribution in [0.15, 0.2) is 18.2 Å². The molecule has 0 aliphatic heterocycles. The summed E-state index contributed by atoms with van der Waals surface area (Å²) in [5, 5.41) is 2.91. The minimum absolute atomic E-state index is 0.222. The fourth-order valence-corrected chi connectivity index (χ4v) is 2.50. The average Bonchev–Trinajstić information content (AvgIpc) is 2.48. The van der Waals surface area contributed by atoms with Gasteiger partial charge in [-0.1, -0.05) is 25.3 Å². The zero-order valence-corrected chi connectivity index (χ0v) is 12.4. The second-order valence-corrected chi connectivity index (χ2v) is 5.55. The van der Waals surface area contributed by atoms with Crippen LogP contribution in [0.2, 0.25) is 0 Å². The van der Waals surface area contributed by atoms with Gasteiger partial charge in [0.05, 0.1) is 5.56 Å². The number of anilines is 1. The van der Waals surface area contributed by atoms with E-state index in [0.717, 1.165) is 31.2 Å². The first kappa shape index (κ1) is 15.4. The van der Waals surface area contributed by atoms with Crippen molar-refractivity contribution < 1.29 is 14.3 Å². The smallest absolute Gasteiger partial charge is 0.338 e. The molecule has 1 aliphatic carbocycles. The molecule has 21 heavy (non-hydrogen) atoms. The lowest BCUT2D eigenvalue weighted by Gasteiger charge is -2.22. The van der Waals surface area contributed by atoms with Gasteiger partial charge in [-0.2, -0.15) is 0 Å². The van der Waals surface area contributed by atoms with Crippen molar-refractivity contribution in [1.82, 2.24) is 5.32 Å². The summed E-state index contributed by atoms with van der Waals surface area (Å²) in [5.74, 6) is -0.768. The molecular weight excluding hydrogens is 268 g/mol. The molecule has 1 aliphatic rings. The van der Waals surface area contributed by atoms with E-state index in [1.807, 2.05) is 6.92 Å². The Balaban J connectivity index is 1.80. The highest BCUT2D eigenvalue weighted by Gasteiger charge is 2.17. The van der Waals surface area contributed by atoms with E-state index in [1.165, 1.54) is 6.42 Å². The number of hydrogen-bond acceptors (Lipinski definition) is 4. The summed E-state index contributed by atoms with van der Waals surface area (Å²) < 4.78 is 5.02. The lowest BCUT2D eigenvalue weighted by molar-refractivity contribution is -0.125. The van der Waals surface area contributed by atoms with E-state index in [4.69, 9.17) is 10.5 Å². The van der Waals surface area contributed by atoms with Gasteiger partial charge in [-0.05, 0) is 37.5 Å². The number of rotatable bonds is 4. The van der Waals surface area contributed by atoms with Crippen molar-refractivity contribution in [3.05, 3.63) is 29.3 Å². The van der Waals surface area contributed by atoms with Crippen LogP contribution < -0.4 is 11.1 Å². The van der Waals surface area contributed by atoms with Crippen LogP contribution in [0.5, 0.6) is 0 Å². The van der Waals surface area contributed by atoms with Crippen molar-refractivity contribution in [2.75, 3.05) is 12.3 Å². The van der Waals surface area contributed by atoms with Crippen molar-refractivity contribution in [2.45, 2.75) is 45.1 Å². The van der Waals surface area contributed by atoms with Gasteiger partial charge in [0, 0.05) is 11.7 Å². The Morgan fingerprint density at radius 1 is 1.29 bits per heavy atom. The highest BCUT2D eigenvalue weighted by atomic mass is 16.5. The van der Waals surface area contributed by atoms with Crippen molar-refractivity contribution in [1.29, 1.82) is 0 Å². The number of carbonyl (C=O) groups excluding carboxylic acids is 2. The number of esters is 1. The van der Waals surface area contributed by atoms with E-state index in [9.17, 15) is 9.59 Å². The van der Waals surface area contributed by atoms with Crippen molar-refractivity contribution in [3.63, 3.8) is 0 Å². The van der Waals surface area contributed by atoms with Gasteiger partial charge < -0.3 is 15.8 Å². The lowest BCUT2D eigenvalue weighted by Crippen LogP contribution is -2.38. The molecule has 0 heterocycles. The molecule has 0 aromatic heterocycles. The number of hydrogen-bond donors (Lipinski definition) is 2. The first-order chi connectivity index (χ1) is 10.1. The fraction of sp³-hybridized carbons (Fsp3) is 0.500. The van der Waals surface area contributed by atoms with Gasteiger partial charge in [-0.25, -0.2) is 4.79 Å². The first-order valence-corrected chi connectivity index (χ1v) is 7.39. The van der Waals surface area contributed by atoms with Crippen LogP contribution in [-0.2, 0) is 9.53 Å². The molecule has 1 aromatic rings. The quantitative estimate of drug-likeness (QED) is 0.658. The van der Waals surface area contributed by atoms with Gasteiger partial charge in [0.1, 0.15) is 0 Å². The summed E-state index contributed by atoms with van der Waals surface area (Å²) in [7, 11) is 0. The Morgan fingerprint density at radius 2 is 2.00 bits per heavy atom. The topological polar surface area (TPSA) is 81.4 Å². The second kappa shape index (κ2) is 7.11. The largest absolute Gasteiger partial charge is 0.452 e. The van der Waals surface area contributed by atoms with E-state index in [1.54, 1.807) is 18.2 Å². The third-order valence-electron chi connectivity index (χ3n) is 3.82. The van der Waals surface area contributed by atoms with Crippen LogP contribution in [0.25, 0.3) is 0 Å². The molecule has 0 spiro atoms. The number of amides is 1. The molecule has 1 aromatic carbocycles.